The topological polar surface area (TPSA) is 50.4 Å². The third-order valence-electron chi connectivity index (χ3n) is 4.49. The van der Waals surface area contributed by atoms with E-state index in [4.69, 9.17) is 4.74 Å². The number of methoxy groups -OCH3 is 1. The van der Waals surface area contributed by atoms with Crippen molar-refractivity contribution in [2.45, 2.75) is 49.8 Å². The third-order valence-corrected chi connectivity index (χ3v) is 5.66. The van der Waals surface area contributed by atoms with E-state index in [1.54, 1.807) is 7.11 Å². The number of hydrogen-bond acceptors (Lipinski definition) is 3. The van der Waals surface area contributed by atoms with Crippen LogP contribution in [-0.4, -0.2) is 43.8 Å². The zero-order valence-electron chi connectivity index (χ0n) is 12.0. The lowest BCUT2D eigenvalue weighted by molar-refractivity contribution is 0.171. The predicted molar refractivity (Wildman–Crippen MR) is 79.6 cm³/mol. The van der Waals surface area contributed by atoms with E-state index in [2.05, 4.69) is 16.9 Å². The average Bonchev–Trinajstić information content (AvgIpc) is 3.06. The fourth-order valence-corrected chi connectivity index (χ4v) is 3.81. The molecule has 5 heteroatoms. The first-order chi connectivity index (χ1) is 9.19. The van der Waals surface area contributed by atoms with Crippen molar-refractivity contribution in [3.63, 3.8) is 0 Å². The van der Waals surface area contributed by atoms with Gasteiger partial charge in [-0.15, -0.1) is 0 Å². The van der Waals surface area contributed by atoms with Gasteiger partial charge in [0, 0.05) is 31.6 Å². The van der Waals surface area contributed by atoms with Crippen LogP contribution in [0.4, 0.5) is 4.79 Å². The molecule has 4 nitrogen and oxygen atoms in total. The van der Waals surface area contributed by atoms with Gasteiger partial charge in [-0.3, -0.25) is 0 Å². The monoisotopic (exact) mass is 286 g/mol. The molecule has 2 aliphatic carbocycles. The summed E-state index contributed by atoms with van der Waals surface area (Å²) in [5.41, 5.74) is 0.321. The number of rotatable bonds is 7. The van der Waals surface area contributed by atoms with Gasteiger partial charge < -0.3 is 15.4 Å². The molecule has 2 N–H and O–H groups in total. The van der Waals surface area contributed by atoms with Crippen LogP contribution in [0.15, 0.2) is 0 Å². The first-order valence-electron chi connectivity index (χ1n) is 7.25. The molecule has 0 radical (unpaired) electrons. The number of hydrogen-bond donors (Lipinski definition) is 2. The number of thioether (sulfide) groups is 1. The summed E-state index contributed by atoms with van der Waals surface area (Å²) in [4.78, 5) is 11.9. The Hall–Kier alpha value is -0.420. The summed E-state index contributed by atoms with van der Waals surface area (Å²) >= 11 is 1.87. The molecule has 2 rings (SSSR count). The molecule has 2 fully saturated rings. The van der Waals surface area contributed by atoms with E-state index in [0.717, 1.165) is 26.0 Å². The van der Waals surface area contributed by atoms with Gasteiger partial charge in [0.2, 0.25) is 0 Å². The van der Waals surface area contributed by atoms with Gasteiger partial charge in [-0.2, -0.15) is 11.8 Å². The van der Waals surface area contributed by atoms with Crippen LogP contribution in [0.3, 0.4) is 0 Å². The van der Waals surface area contributed by atoms with Gasteiger partial charge in [0.1, 0.15) is 0 Å². The summed E-state index contributed by atoms with van der Waals surface area (Å²) in [6, 6.07) is 0.360. The first-order valence-corrected chi connectivity index (χ1v) is 8.54. The van der Waals surface area contributed by atoms with Crippen LogP contribution in [0, 0.1) is 5.41 Å². The van der Waals surface area contributed by atoms with E-state index in [1.165, 1.54) is 25.7 Å². The number of carbonyl (C=O) groups excluding carboxylic acids is 1. The van der Waals surface area contributed by atoms with E-state index in [9.17, 15) is 4.79 Å². The molecule has 2 aliphatic rings. The Labute approximate surface area is 120 Å². The number of amides is 2. The van der Waals surface area contributed by atoms with Crippen molar-refractivity contribution < 1.29 is 9.53 Å². The van der Waals surface area contributed by atoms with Crippen LogP contribution in [-0.2, 0) is 4.74 Å². The van der Waals surface area contributed by atoms with Gasteiger partial charge in [-0.1, -0.05) is 6.42 Å². The van der Waals surface area contributed by atoms with Gasteiger partial charge in [0.15, 0.2) is 0 Å². The highest BCUT2D eigenvalue weighted by Crippen LogP contribution is 2.48. The van der Waals surface area contributed by atoms with E-state index >= 15 is 0 Å². The lowest BCUT2D eigenvalue weighted by Gasteiger charge is -2.21. The highest BCUT2D eigenvalue weighted by molar-refractivity contribution is 7.99. The molecule has 110 valence electrons. The minimum atomic E-state index is 0.00893. The maximum absolute atomic E-state index is 11.9. The fraction of sp³-hybridized carbons (Fsp3) is 0.929. The minimum absolute atomic E-state index is 0.00893. The SMILES string of the molecule is COCCC1(CNC(=O)N[C@@H]2CCC[C@@H]2SC)CC1. The molecular formula is C14H26N2O2S. The molecule has 0 aromatic carbocycles. The molecule has 0 saturated heterocycles. The second-order valence-corrected chi connectivity index (χ2v) is 6.96. The average molecular weight is 286 g/mol. The molecule has 2 atom stereocenters. The Morgan fingerprint density at radius 3 is 2.84 bits per heavy atom. The normalized spacial score (nSPS) is 28.1. The highest BCUT2D eigenvalue weighted by atomic mass is 32.2. The number of ether oxygens (including phenoxy) is 1. The molecule has 0 bridgehead atoms. The summed E-state index contributed by atoms with van der Waals surface area (Å²) in [6.45, 7) is 1.58. The molecule has 0 heterocycles. The molecule has 2 amide bonds. The van der Waals surface area contributed by atoms with Crippen molar-refractivity contribution in [2.75, 3.05) is 26.5 Å². The fourth-order valence-electron chi connectivity index (χ4n) is 2.87. The molecule has 0 unspecified atom stereocenters. The van der Waals surface area contributed by atoms with Crippen molar-refractivity contribution in [1.82, 2.24) is 10.6 Å². The lowest BCUT2D eigenvalue weighted by Crippen LogP contribution is -2.46. The van der Waals surface area contributed by atoms with Crippen LogP contribution < -0.4 is 10.6 Å². The molecule has 0 aromatic heterocycles. The molecular weight excluding hydrogens is 260 g/mol. The van der Waals surface area contributed by atoms with Crippen LogP contribution >= 0.6 is 11.8 Å². The largest absolute Gasteiger partial charge is 0.385 e. The smallest absolute Gasteiger partial charge is 0.315 e. The van der Waals surface area contributed by atoms with Gasteiger partial charge in [0.25, 0.3) is 0 Å². The van der Waals surface area contributed by atoms with Crippen molar-refractivity contribution in [2.24, 2.45) is 5.41 Å². The van der Waals surface area contributed by atoms with Crippen LogP contribution in [0.2, 0.25) is 0 Å². The zero-order valence-corrected chi connectivity index (χ0v) is 12.9. The maximum atomic E-state index is 11.9. The summed E-state index contributed by atoms with van der Waals surface area (Å²) < 4.78 is 5.13. The van der Waals surface area contributed by atoms with E-state index in [0.29, 0.717) is 16.7 Å². The Kier molecular flexibility index (Phi) is 5.39. The Morgan fingerprint density at radius 2 is 2.21 bits per heavy atom. The van der Waals surface area contributed by atoms with Crippen molar-refractivity contribution >= 4 is 17.8 Å². The van der Waals surface area contributed by atoms with Crippen LogP contribution in [0.25, 0.3) is 0 Å². The Morgan fingerprint density at radius 1 is 1.42 bits per heavy atom. The quantitative estimate of drug-likeness (QED) is 0.755. The predicted octanol–water partition coefficient (Wildman–Crippen LogP) is 2.39. The Bertz CT molecular complexity index is 308. The summed E-state index contributed by atoms with van der Waals surface area (Å²) in [5, 5.41) is 6.78. The summed E-state index contributed by atoms with van der Waals surface area (Å²) in [6.07, 6.45) is 9.19. The van der Waals surface area contributed by atoms with Crippen molar-refractivity contribution in [1.29, 1.82) is 0 Å². The first kappa shape index (κ1) is 15.0. The number of urea groups is 1. The van der Waals surface area contributed by atoms with Gasteiger partial charge in [-0.05, 0) is 43.8 Å². The van der Waals surface area contributed by atoms with Gasteiger partial charge in [0.05, 0.1) is 0 Å². The molecule has 0 aromatic rings. The second-order valence-electron chi connectivity index (χ2n) is 5.88. The molecule has 0 aliphatic heterocycles. The number of carbonyl (C=O) groups is 1. The van der Waals surface area contributed by atoms with Crippen molar-refractivity contribution in [3.05, 3.63) is 0 Å². The van der Waals surface area contributed by atoms with Gasteiger partial charge >= 0.3 is 6.03 Å². The molecule has 2 saturated carbocycles. The molecule has 0 spiro atoms. The Balaban J connectivity index is 1.67. The lowest BCUT2D eigenvalue weighted by atomic mass is 10.0. The number of nitrogens with one attached hydrogen (secondary N) is 2. The van der Waals surface area contributed by atoms with Crippen molar-refractivity contribution in [3.8, 4) is 0 Å². The van der Waals surface area contributed by atoms with E-state index in [-0.39, 0.29) is 6.03 Å². The summed E-state index contributed by atoms with van der Waals surface area (Å²) in [7, 11) is 1.73. The van der Waals surface area contributed by atoms with Gasteiger partial charge in [-0.25, -0.2) is 4.79 Å². The zero-order chi connectivity index (χ0) is 13.7. The highest BCUT2D eigenvalue weighted by Gasteiger charge is 2.42. The third kappa shape index (κ3) is 4.28. The maximum Gasteiger partial charge on any atom is 0.315 e. The molecule has 19 heavy (non-hydrogen) atoms. The van der Waals surface area contributed by atoms with Crippen LogP contribution in [0.5, 0.6) is 0 Å². The summed E-state index contributed by atoms with van der Waals surface area (Å²) in [5.74, 6) is 0. The second kappa shape index (κ2) is 6.84. The minimum Gasteiger partial charge on any atom is -0.385 e. The van der Waals surface area contributed by atoms with E-state index in [1.807, 2.05) is 11.8 Å². The standard InChI is InChI=1S/C14H26N2O2S/c1-18-9-8-14(6-7-14)10-15-13(17)16-11-4-3-5-12(11)19-2/h11-12H,3-10H2,1-2H3,(H2,15,16,17)/t11-,12+/m1/s1. The van der Waals surface area contributed by atoms with Crippen LogP contribution in [0.1, 0.15) is 38.5 Å². The van der Waals surface area contributed by atoms with E-state index < -0.39 is 0 Å².